The third-order valence-electron chi connectivity index (χ3n) is 3.94. The van der Waals surface area contributed by atoms with Gasteiger partial charge in [0, 0.05) is 19.1 Å². The topological polar surface area (TPSA) is 49.8 Å². The number of ether oxygens (including phenoxy) is 1. The molecule has 0 aromatic heterocycles. The lowest BCUT2D eigenvalue weighted by Gasteiger charge is -2.25. The standard InChI is InChI=1S/C18H27NO3/c1-12(2)13-6-7-16-15(10-13)14(8-9-20)11-19(16)17(21)22-18(3,4)5/h6-7,10,12,14,20H,8-9,11H2,1-5H3. The Morgan fingerprint density at radius 1 is 1.41 bits per heavy atom. The van der Waals surface area contributed by atoms with Gasteiger partial charge >= 0.3 is 6.09 Å². The van der Waals surface area contributed by atoms with Crippen molar-refractivity contribution < 1.29 is 14.6 Å². The number of nitrogens with zero attached hydrogens (tertiary/aromatic N) is 1. The second-order valence-electron chi connectivity index (χ2n) is 7.27. The Balaban J connectivity index is 2.33. The van der Waals surface area contributed by atoms with E-state index in [0.29, 0.717) is 18.9 Å². The lowest BCUT2D eigenvalue weighted by atomic mass is 9.93. The Labute approximate surface area is 133 Å². The predicted molar refractivity (Wildman–Crippen MR) is 88.6 cm³/mol. The monoisotopic (exact) mass is 305 g/mol. The number of amides is 1. The Bertz CT molecular complexity index is 546. The molecule has 0 saturated heterocycles. The van der Waals surface area contributed by atoms with Gasteiger partial charge in [0.15, 0.2) is 0 Å². The van der Waals surface area contributed by atoms with Crippen LogP contribution >= 0.6 is 0 Å². The molecule has 0 saturated carbocycles. The van der Waals surface area contributed by atoms with E-state index in [2.05, 4.69) is 26.0 Å². The van der Waals surface area contributed by atoms with Gasteiger partial charge in [0.05, 0.1) is 5.69 Å². The van der Waals surface area contributed by atoms with E-state index in [-0.39, 0.29) is 18.6 Å². The molecule has 1 aliphatic heterocycles. The van der Waals surface area contributed by atoms with Gasteiger partial charge in [0.2, 0.25) is 0 Å². The second-order valence-corrected chi connectivity index (χ2v) is 7.27. The molecule has 2 rings (SSSR count). The molecule has 0 spiro atoms. The van der Waals surface area contributed by atoms with Crippen LogP contribution in [0.5, 0.6) is 0 Å². The van der Waals surface area contributed by atoms with Crippen LogP contribution in [0, 0.1) is 0 Å². The van der Waals surface area contributed by atoms with Crippen LogP contribution in [-0.2, 0) is 4.74 Å². The van der Waals surface area contributed by atoms with Crippen LogP contribution in [0.4, 0.5) is 10.5 Å². The van der Waals surface area contributed by atoms with Gasteiger partial charge in [0.1, 0.15) is 5.60 Å². The maximum atomic E-state index is 12.4. The summed E-state index contributed by atoms with van der Waals surface area (Å²) in [7, 11) is 0. The molecular formula is C18H27NO3. The molecule has 1 aromatic rings. The van der Waals surface area contributed by atoms with Gasteiger partial charge in [0.25, 0.3) is 0 Å². The highest BCUT2D eigenvalue weighted by atomic mass is 16.6. The number of rotatable bonds is 3. The molecule has 0 bridgehead atoms. The average molecular weight is 305 g/mol. The highest BCUT2D eigenvalue weighted by Crippen LogP contribution is 2.40. The fourth-order valence-electron chi connectivity index (χ4n) is 2.81. The molecule has 122 valence electrons. The minimum absolute atomic E-state index is 0.123. The average Bonchev–Trinajstić information content (AvgIpc) is 2.75. The fraction of sp³-hybridized carbons (Fsp3) is 0.611. The second kappa shape index (κ2) is 6.29. The third kappa shape index (κ3) is 3.61. The van der Waals surface area contributed by atoms with E-state index in [0.717, 1.165) is 11.3 Å². The number of carbonyl (C=O) groups excluding carboxylic acids is 1. The van der Waals surface area contributed by atoms with Gasteiger partial charge in [-0.25, -0.2) is 4.79 Å². The van der Waals surface area contributed by atoms with Crippen LogP contribution in [0.1, 0.15) is 64.0 Å². The SMILES string of the molecule is CC(C)c1ccc2c(c1)C(CCO)CN2C(=O)OC(C)(C)C. The highest BCUT2D eigenvalue weighted by molar-refractivity contribution is 5.91. The molecule has 22 heavy (non-hydrogen) atoms. The van der Waals surface area contributed by atoms with Crippen molar-refractivity contribution >= 4 is 11.8 Å². The maximum absolute atomic E-state index is 12.4. The molecule has 0 fully saturated rings. The maximum Gasteiger partial charge on any atom is 0.414 e. The molecule has 1 amide bonds. The minimum Gasteiger partial charge on any atom is -0.443 e. The zero-order valence-corrected chi connectivity index (χ0v) is 14.2. The molecule has 1 atom stereocenters. The molecule has 0 aliphatic carbocycles. The lowest BCUT2D eigenvalue weighted by molar-refractivity contribution is 0.0581. The summed E-state index contributed by atoms with van der Waals surface area (Å²) < 4.78 is 5.51. The summed E-state index contributed by atoms with van der Waals surface area (Å²) >= 11 is 0. The van der Waals surface area contributed by atoms with Gasteiger partial charge in [-0.3, -0.25) is 4.90 Å². The van der Waals surface area contributed by atoms with Crippen molar-refractivity contribution in [3.05, 3.63) is 29.3 Å². The van der Waals surface area contributed by atoms with Crippen LogP contribution in [-0.4, -0.2) is 30.0 Å². The highest BCUT2D eigenvalue weighted by Gasteiger charge is 2.34. The molecule has 4 nitrogen and oxygen atoms in total. The first kappa shape index (κ1) is 16.8. The van der Waals surface area contributed by atoms with Crippen LogP contribution in [0.25, 0.3) is 0 Å². The van der Waals surface area contributed by atoms with E-state index in [9.17, 15) is 9.90 Å². The number of benzene rings is 1. The minimum atomic E-state index is -0.510. The molecule has 1 heterocycles. The van der Waals surface area contributed by atoms with Gasteiger partial charge in [-0.1, -0.05) is 26.0 Å². The molecular weight excluding hydrogens is 278 g/mol. The number of fused-ring (bicyclic) bond motifs is 1. The predicted octanol–water partition coefficient (Wildman–Crippen LogP) is 4.03. The molecule has 1 unspecified atom stereocenters. The normalized spacial score (nSPS) is 17.8. The van der Waals surface area contributed by atoms with Crippen molar-refractivity contribution in [2.45, 2.75) is 58.5 Å². The molecule has 1 N–H and O–H groups in total. The van der Waals surface area contributed by atoms with Crippen molar-refractivity contribution in [2.75, 3.05) is 18.1 Å². The Morgan fingerprint density at radius 2 is 2.09 bits per heavy atom. The van der Waals surface area contributed by atoms with Crippen LogP contribution in [0.3, 0.4) is 0 Å². The van der Waals surface area contributed by atoms with Crippen LogP contribution < -0.4 is 4.90 Å². The zero-order valence-electron chi connectivity index (χ0n) is 14.2. The van der Waals surface area contributed by atoms with Crippen molar-refractivity contribution in [1.29, 1.82) is 0 Å². The van der Waals surface area contributed by atoms with Crippen molar-refractivity contribution in [1.82, 2.24) is 0 Å². The number of hydrogen-bond donors (Lipinski definition) is 1. The van der Waals surface area contributed by atoms with E-state index in [1.54, 1.807) is 4.90 Å². The number of hydrogen-bond acceptors (Lipinski definition) is 3. The molecule has 1 aliphatic rings. The van der Waals surface area contributed by atoms with E-state index in [4.69, 9.17) is 4.74 Å². The Kier molecular flexibility index (Phi) is 4.81. The third-order valence-corrected chi connectivity index (χ3v) is 3.94. The van der Waals surface area contributed by atoms with Crippen LogP contribution in [0.15, 0.2) is 18.2 Å². The molecule has 1 aromatic carbocycles. The van der Waals surface area contributed by atoms with Crippen molar-refractivity contribution in [3.8, 4) is 0 Å². The summed E-state index contributed by atoms with van der Waals surface area (Å²) in [5.74, 6) is 0.613. The van der Waals surface area contributed by atoms with Gasteiger partial charge in [-0.15, -0.1) is 0 Å². The first-order valence-electron chi connectivity index (χ1n) is 7.98. The first-order chi connectivity index (χ1) is 10.2. The van der Waals surface area contributed by atoms with Crippen molar-refractivity contribution in [3.63, 3.8) is 0 Å². The molecule has 4 heteroatoms. The quantitative estimate of drug-likeness (QED) is 0.917. The van der Waals surface area contributed by atoms with E-state index in [1.165, 1.54) is 5.56 Å². The van der Waals surface area contributed by atoms with Gasteiger partial charge in [-0.05, 0) is 50.3 Å². The lowest BCUT2D eigenvalue weighted by Crippen LogP contribution is -2.36. The summed E-state index contributed by atoms with van der Waals surface area (Å²) in [5.41, 5.74) is 2.81. The first-order valence-corrected chi connectivity index (χ1v) is 7.98. The summed E-state index contributed by atoms with van der Waals surface area (Å²) in [6.07, 6.45) is 0.347. The summed E-state index contributed by atoms with van der Waals surface area (Å²) in [6, 6.07) is 6.25. The van der Waals surface area contributed by atoms with Gasteiger partial charge < -0.3 is 9.84 Å². The Morgan fingerprint density at radius 3 is 2.64 bits per heavy atom. The van der Waals surface area contributed by atoms with E-state index in [1.807, 2.05) is 26.8 Å². The molecule has 0 radical (unpaired) electrons. The number of aliphatic hydroxyl groups is 1. The van der Waals surface area contributed by atoms with E-state index < -0.39 is 5.60 Å². The van der Waals surface area contributed by atoms with Crippen molar-refractivity contribution in [2.24, 2.45) is 0 Å². The number of anilines is 1. The number of carbonyl (C=O) groups is 1. The smallest absolute Gasteiger partial charge is 0.414 e. The van der Waals surface area contributed by atoms with E-state index >= 15 is 0 Å². The summed E-state index contributed by atoms with van der Waals surface area (Å²) in [5, 5.41) is 9.31. The Hall–Kier alpha value is -1.55. The van der Waals surface area contributed by atoms with Gasteiger partial charge in [-0.2, -0.15) is 0 Å². The fourth-order valence-corrected chi connectivity index (χ4v) is 2.81. The largest absolute Gasteiger partial charge is 0.443 e. The van der Waals surface area contributed by atoms with Crippen LogP contribution in [0.2, 0.25) is 0 Å². The summed E-state index contributed by atoms with van der Waals surface area (Å²) in [6.45, 7) is 10.6. The zero-order chi connectivity index (χ0) is 16.5. The number of aliphatic hydroxyl groups excluding tert-OH is 1. The summed E-state index contributed by atoms with van der Waals surface area (Å²) in [4.78, 5) is 14.1.